The highest BCUT2D eigenvalue weighted by Crippen LogP contribution is 2.29. The van der Waals surface area contributed by atoms with E-state index < -0.39 is 11.9 Å². The van der Waals surface area contributed by atoms with E-state index in [0.717, 1.165) is 57.8 Å². The quantitative estimate of drug-likeness (QED) is 0.275. The first-order chi connectivity index (χ1) is 14.6. The van der Waals surface area contributed by atoms with Crippen molar-refractivity contribution in [2.75, 3.05) is 0 Å². The second-order valence-electron chi connectivity index (χ2n) is 8.13. The van der Waals surface area contributed by atoms with Crippen molar-refractivity contribution in [2.45, 2.75) is 69.9 Å². The van der Waals surface area contributed by atoms with Crippen LogP contribution in [0.3, 0.4) is 0 Å². The topological polar surface area (TPSA) is 105 Å². The van der Waals surface area contributed by atoms with E-state index in [1.165, 1.54) is 17.6 Å². The average molecular weight is 415 g/mol. The monoisotopic (exact) mass is 414 g/mol. The van der Waals surface area contributed by atoms with Crippen molar-refractivity contribution in [3.63, 3.8) is 0 Å². The maximum Gasteiger partial charge on any atom is 0.329 e. The van der Waals surface area contributed by atoms with Crippen molar-refractivity contribution < 1.29 is 24.3 Å². The highest BCUT2D eigenvalue weighted by molar-refractivity contribution is 5.97. The van der Waals surface area contributed by atoms with Crippen molar-refractivity contribution in [3.8, 4) is 0 Å². The van der Waals surface area contributed by atoms with Gasteiger partial charge in [-0.2, -0.15) is 0 Å². The second-order valence-corrected chi connectivity index (χ2v) is 8.13. The molecule has 0 radical (unpaired) electrons. The van der Waals surface area contributed by atoms with Crippen molar-refractivity contribution in [1.82, 2.24) is 10.8 Å². The van der Waals surface area contributed by atoms with Crippen LogP contribution in [-0.4, -0.2) is 35.1 Å². The number of nitrogens with one attached hydrogen (secondary N) is 2. The molecule has 1 atom stereocenters. The summed E-state index contributed by atoms with van der Waals surface area (Å²) in [6.45, 7) is 0. The molecule has 1 aromatic rings. The van der Waals surface area contributed by atoms with E-state index in [9.17, 15) is 14.4 Å². The molecule has 2 amide bonds. The van der Waals surface area contributed by atoms with E-state index in [1.807, 2.05) is 0 Å². The fourth-order valence-corrected chi connectivity index (χ4v) is 4.30. The fraction of sp³-hybridized carbons (Fsp3) is 0.522. The Labute approximate surface area is 176 Å². The molecule has 1 aromatic carbocycles. The van der Waals surface area contributed by atoms with Gasteiger partial charge in [0, 0.05) is 11.6 Å². The Hall–Kier alpha value is -2.67. The Bertz CT molecular complexity index is 780. The summed E-state index contributed by atoms with van der Waals surface area (Å²) < 4.78 is 5.73. The average Bonchev–Trinajstić information content (AvgIpc) is 3.29. The third-order valence-electron chi connectivity index (χ3n) is 5.93. The van der Waals surface area contributed by atoms with Crippen molar-refractivity contribution in [2.24, 2.45) is 5.92 Å². The lowest BCUT2D eigenvalue weighted by Crippen LogP contribution is -2.48. The summed E-state index contributed by atoms with van der Waals surface area (Å²) in [5, 5.41) is 11.5. The molecule has 0 saturated heterocycles. The third kappa shape index (κ3) is 6.16. The second kappa shape index (κ2) is 10.9. The Morgan fingerprint density at radius 3 is 2.43 bits per heavy atom. The zero-order chi connectivity index (χ0) is 21.3. The Balaban J connectivity index is 1.71. The number of hydroxylamine groups is 1. The zero-order valence-electron chi connectivity index (χ0n) is 17.1. The molecular formula is C23H30N2O5. The summed E-state index contributed by atoms with van der Waals surface area (Å²) >= 11 is 0. The molecule has 7 heteroatoms. The molecule has 0 bridgehead atoms. The van der Waals surface area contributed by atoms with Gasteiger partial charge in [0.1, 0.15) is 12.1 Å². The molecule has 3 rings (SSSR count). The summed E-state index contributed by atoms with van der Waals surface area (Å²) in [7, 11) is 0. The van der Waals surface area contributed by atoms with Crippen LogP contribution in [0.1, 0.15) is 73.7 Å². The minimum atomic E-state index is -0.656. The Kier molecular flexibility index (Phi) is 8.02. The van der Waals surface area contributed by atoms with Gasteiger partial charge in [-0.1, -0.05) is 31.4 Å². The Morgan fingerprint density at radius 1 is 1.03 bits per heavy atom. The molecule has 2 fully saturated rings. The molecular weight excluding hydrogens is 384 g/mol. The maximum absolute atomic E-state index is 12.9. The van der Waals surface area contributed by atoms with Crippen LogP contribution in [-0.2, 0) is 14.3 Å². The standard InChI is InChI=1S/C23H30N2O5/c26-20(25-29)14-13-16-7-6-10-18(15-16)22(27)24-21(17-8-2-1-3-9-17)23(28)30-19-11-4-5-12-19/h6-7,10,13-15,17,19,21,29H,1-5,8-9,11-12H2,(H,24,27)(H,25,26)/t21-/m0/s1. The first kappa shape index (κ1) is 22.0. The predicted molar refractivity (Wildman–Crippen MR) is 112 cm³/mol. The summed E-state index contributed by atoms with van der Waals surface area (Å²) in [5.41, 5.74) is 2.55. The number of carbonyl (C=O) groups is 3. The van der Waals surface area contributed by atoms with E-state index in [1.54, 1.807) is 24.3 Å². The van der Waals surface area contributed by atoms with Crippen LogP contribution >= 0.6 is 0 Å². The van der Waals surface area contributed by atoms with E-state index >= 15 is 0 Å². The molecule has 0 unspecified atom stereocenters. The zero-order valence-corrected chi connectivity index (χ0v) is 17.1. The minimum Gasteiger partial charge on any atom is -0.461 e. The van der Waals surface area contributed by atoms with Gasteiger partial charge >= 0.3 is 5.97 Å². The van der Waals surface area contributed by atoms with E-state index in [2.05, 4.69) is 5.32 Å². The molecule has 2 aliphatic carbocycles. The summed E-state index contributed by atoms with van der Waals surface area (Å²) in [6, 6.07) is 6.11. The lowest BCUT2D eigenvalue weighted by atomic mass is 9.83. The minimum absolute atomic E-state index is 0.0355. The number of hydrogen-bond acceptors (Lipinski definition) is 5. The van der Waals surface area contributed by atoms with Gasteiger partial charge in [-0.15, -0.1) is 0 Å². The summed E-state index contributed by atoms with van der Waals surface area (Å²) in [5.74, 6) is -1.22. The first-order valence-corrected chi connectivity index (χ1v) is 10.8. The van der Waals surface area contributed by atoms with E-state index in [0.29, 0.717) is 11.1 Å². The maximum atomic E-state index is 12.9. The Morgan fingerprint density at radius 2 is 1.73 bits per heavy atom. The molecule has 2 aliphatic rings. The van der Waals surface area contributed by atoms with Crippen molar-refractivity contribution >= 4 is 23.9 Å². The normalized spacial score (nSPS) is 18.8. The predicted octanol–water partition coefficient (Wildman–Crippen LogP) is 3.37. The molecule has 3 N–H and O–H groups in total. The molecule has 0 aromatic heterocycles. The highest BCUT2D eigenvalue weighted by atomic mass is 16.5. The fourth-order valence-electron chi connectivity index (χ4n) is 4.30. The molecule has 30 heavy (non-hydrogen) atoms. The number of amides is 2. The van der Waals surface area contributed by atoms with Gasteiger partial charge in [0.15, 0.2) is 0 Å². The van der Waals surface area contributed by atoms with Gasteiger partial charge in [0.05, 0.1) is 0 Å². The van der Waals surface area contributed by atoms with Gasteiger partial charge < -0.3 is 10.1 Å². The van der Waals surface area contributed by atoms with Gasteiger partial charge in [-0.25, -0.2) is 10.3 Å². The molecule has 0 aliphatic heterocycles. The smallest absolute Gasteiger partial charge is 0.329 e. The molecule has 162 valence electrons. The molecule has 0 spiro atoms. The van der Waals surface area contributed by atoms with Crippen molar-refractivity contribution in [1.29, 1.82) is 0 Å². The number of hydrogen-bond donors (Lipinski definition) is 3. The number of esters is 1. The molecule has 7 nitrogen and oxygen atoms in total. The van der Waals surface area contributed by atoms with Crippen LogP contribution in [0, 0.1) is 5.92 Å². The van der Waals surface area contributed by atoms with Gasteiger partial charge in [-0.05, 0) is 68.2 Å². The van der Waals surface area contributed by atoms with E-state index in [-0.39, 0.29) is 23.9 Å². The van der Waals surface area contributed by atoms with Gasteiger partial charge in [0.25, 0.3) is 11.8 Å². The summed E-state index contributed by atoms with van der Waals surface area (Å²) in [6.07, 6.45) is 11.7. The van der Waals surface area contributed by atoms with Crippen LogP contribution in [0.4, 0.5) is 0 Å². The third-order valence-corrected chi connectivity index (χ3v) is 5.93. The summed E-state index contributed by atoms with van der Waals surface area (Å²) in [4.78, 5) is 37.0. The van der Waals surface area contributed by atoms with Crippen LogP contribution in [0.5, 0.6) is 0 Å². The lowest BCUT2D eigenvalue weighted by molar-refractivity contribution is -0.153. The number of rotatable bonds is 7. The molecule has 2 saturated carbocycles. The lowest BCUT2D eigenvalue weighted by Gasteiger charge is -2.30. The van der Waals surface area contributed by atoms with Crippen molar-refractivity contribution in [3.05, 3.63) is 41.5 Å². The van der Waals surface area contributed by atoms with E-state index in [4.69, 9.17) is 9.94 Å². The highest BCUT2D eigenvalue weighted by Gasteiger charge is 2.34. The number of benzene rings is 1. The van der Waals surface area contributed by atoms with Crippen LogP contribution < -0.4 is 10.8 Å². The number of ether oxygens (including phenoxy) is 1. The first-order valence-electron chi connectivity index (χ1n) is 10.8. The molecule has 0 heterocycles. The number of carbonyl (C=O) groups excluding carboxylic acids is 3. The largest absolute Gasteiger partial charge is 0.461 e. The van der Waals surface area contributed by atoms with Crippen LogP contribution in [0.15, 0.2) is 30.3 Å². The van der Waals surface area contributed by atoms with Gasteiger partial charge in [-0.3, -0.25) is 14.8 Å². The van der Waals surface area contributed by atoms with Crippen LogP contribution in [0.2, 0.25) is 0 Å². The van der Waals surface area contributed by atoms with Crippen LogP contribution in [0.25, 0.3) is 6.08 Å². The SMILES string of the molecule is O=C(C=Cc1cccc(C(=O)N[C@H](C(=O)OC2CCCC2)C2CCCCC2)c1)NO. The van der Waals surface area contributed by atoms with Gasteiger partial charge in [0.2, 0.25) is 0 Å².